The number of carbonyl (C=O) groups is 1. The van der Waals surface area contributed by atoms with E-state index in [1.807, 2.05) is 49.4 Å². The maximum absolute atomic E-state index is 12.1. The Labute approximate surface area is 120 Å². The zero-order chi connectivity index (χ0) is 14.1. The number of nitrogens with one attached hydrogen (secondary N) is 3. The fourth-order valence-electron chi connectivity index (χ4n) is 2.02. The van der Waals surface area contributed by atoms with Crippen LogP contribution in [0, 0.1) is 11.7 Å². The smallest absolute Gasteiger partial charge is 0.255 e. The van der Waals surface area contributed by atoms with Crippen LogP contribution in [-0.4, -0.2) is 15.9 Å². The molecule has 3 rings (SSSR count). The Morgan fingerprint density at radius 2 is 1.75 bits per heavy atom. The van der Waals surface area contributed by atoms with Gasteiger partial charge in [0.15, 0.2) is 4.77 Å². The molecule has 3 aromatic rings. The Morgan fingerprint density at radius 1 is 1.05 bits per heavy atom. The minimum atomic E-state index is -0.126. The summed E-state index contributed by atoms with van der Waals surface area (Å²) in [6.45, 7) is 1.99. The highest BCUT2D eigenvalue weighted by atomic mass is 32.1. The molecule has 1 amide bonds. The van der Waals surface area contributed by atoms with Crippen LogP contribution < -0.4 is 5.32 Å². The summed E-state index contributed by atoms with van der Waals surface area (Å²) in [5, 5.41) is 2.87. The molecule has 0 radical (unpaired) electrons. The minimum absolute atomic E-state index is 0.126. The van der Waals surface area contributed by atoms with E-state index in [-0.39, 0.29) is 5.91 Å². The molecule has 4 nitrogen and oxygen atoms in total. The van der Waals surface area contributed by atoms with Crippen LogP contribution in [0.1, 0.15) is 15.9 Å². The van der Waals surface area contributed by atoms with E-state index in [1.54, 1.807) is 0 Å². The van der Waals surface area contributed by atoms with Crippen LogP contribution in [0.25, 0.3) is 11.0 Å². The molecule has 1 heterocycles. The van der Waals surface area contributed by atoms with Crippen molar-refractivity contribution in [2.45, 2.75) is 6.92 Å². The quantitative estimate of drug-likeness (QED) is 0.627. The van der Waals surface area contributed by atoms with Gasteiger partial charge in [-0.25, -0.2) is 0 Å². The van der Waals surface area contributed by atoms with Crippen molar-refractivity contribution in [3.05, 3.63) is 58.4 Å². The van der Waals surface area contributed by atoms with Crippen LogP contribution in [0.2, 0.25) is 0 Å². The fourth-order valence-corrected chi connectivity index (χ4v) is 2.24. The molecule has 2 aromatic carbocycles. The molecule has 20 heavy (non-hydrogen) atoms. The molecule has 3 N–H and O–H groups in total. The summed E-state index contributed by atoms with van der Waals surface area (Å²) in [5.74, 6) is -0.126. The molecule has 0 saturated carbocycles. The number of aromatic amines is 2. The highest BCUT2D eigenvalue weighted by Crippen LogP contribution is 2.17. The van der Waals surface area contributed by atoms with Crippen molar-refractivity contribution in [1.82, 2.24) is 9.97 Å². The number of carbonyl (C=O) groups excluding carboxylic acids is 1. The number of fused-ring (bicyclic) bond motifs is 1. The van der Waals surface area contributed by atoms with E-state index >= 15 is 0 Å². The Hall–Kier alpha value is -2.40. The van der Waals surface area contributed by atoms with Crippen LogP contribution >= 0.6 is 12.2 Å². The van der Waals surface area contributed by atoms with Crippen molar-refractivity contribution in [1.29, 1.82) is 0 Å². The zero-order valence-corrected chi connectivity index (χ0v) is 11.7. The summed E-state index contributed by atoms with van der Waals surface area (Å²) in [6, 6.07) is 13.0. The number of amides is 1. The van der Waals surface area contributed by atoms with Crippen LogP contribution in [0.3, 0.4) is 0 Å². The number of benzene rings is 2. The fraction of sp³-hybridized carbons (Fsp3) is 0.0667. The number of H-pyrrole nitrogens is 2. The molecular formula is C15H13N3OS. The predicted octanol–water partition coefficient (Wildman–Crippen LogP) is 3.79. The summed E-state index contributed by atoms with van der Waals surface area (Å²) in [4.78, 5) is 18.2. The second-order valence-electron chi connectivity index (χ2n) is 4.66. The van der Waals surface area contributed by atoms with Crippen molar-refractivity contribution in [3.63, 3.8) is 0 Å². The molecule has 0 aliphatic rings. The van der Waals surface area contributed by atoms with Crippen LogP contribution in [0.15, 0.2) is 42.5 Å². The third-order valence-corrected chi connectivity index (χ3v) is 3.29. The second kappa shape index (κ2) is 4.94. The highest BCUT2D eigenvalue weighted by Gasteiger charge is 2.06. The standard InChI is InChI=1S/C15H13N3OS/c1-9-2-4-10(5-3-9)14(19)16-11-6-7-12-13(8-11)18-15(20)17-12/h2-8H,1H3,(H,16,19)(H2,17,18,20). The molecule has 0 spiro atoms. The summed E-state index contributed by atoms with van der Waals surface area (Å²) < 4.78 is 0.571. The zero-order valence-electron chi connectivity index (χ0n) is 10.9. The van der Waals surface area contributed by atoms with Gasteiger partial charge in [-0.1, -0.05) is 17.7 Å². The van der Waals surface area contributed by atoms with Gasteiger partial charge >= 0.3 is 0 Å². The van der Waals surface area contributed by atoms with E-state index in [0.717, 1.165) is 22.3 Å². The van der Waals surface area contributed by atoms with Gasteiger partial charge in [0.2, 0.25) is 0 Å². The monoisotopic (exact) mass is 283 g/mol. The molecule has 0 aliphatic heterocycles. The number of hydrogen-bond donors (Lipinski definition) is 3. The van der Waals surface area contributed by atoms with Gasteiger partial charge in [-0.3, -0.25) is 4.79 Å². The lowest BCUT2D eigenvalue weighted by atomic mass is 10.1. The lowest BCUT2D eigenvalue weighted by molar-refractivity contribution is 0.102. The second-order valence-corrected chi connectivity index (χ2v) is 5.07. The number of imidazole rings is 1. The van der Waals surface area contributed by atoms with Crippen LogP contribution in [-0.2, 0) is 0 Å². The largest absolute Gasteiger partial charge is 0.331 e. The van der Waals surface area contributed by atoms with Gasteiger partial charge in [0.1, 0.15) is 0 Å². The number of hydrogen-bond acceptors (Lipinski definition) is 2. The molecule has 0 bridgehead atoms. The third-order valence-electron chi connectivity index (χ3n) is 3.09. The first-order valence-corrected chi connectivity index (χ1v) is 6.63. The molecule has 1 aromatic heterocycles. The summed E-state index contributed by atoms with van der Waals surface area (Å²) in [6.07, 6.45) is 0. The Kier molecular flexibility index (Phi) is 3.12. The van der Waals surface area contributed by atoms with Crippen molar-refractivity contribution < 1.29 is 4.79 Å². The number of rotatable bonds is 2. The van der Waals surface area contributed by atoms with E-state index in [1.165, 1.54) is 0 Å². The van der Waals surface area contributed by atoms with Crippen LogP contribution in [0.4, 0.5) is 5.69 Å². The number of aromatic nitrogens is 2. The van der Waals surface area contributed by atoms with Gasteiger partial charge in [0.05, 0.1) is 11.0 Å². The first-order chi connectivity index (χ1) is 9.61. The molecule has 0 atom stereocenters. The molecule has 0 saturated heterocycles. The lowest BCUT2D eigenvalue weighted by Crippen LogP contribution is -2.11. The maximum Gasteiger partial charge on any atom is 0.255 e. The summed E-state index contributed by atoms with van der Waals surface area (Å²) >= 11 is 5.03. The Morgan fingerprint density at radius 3 is 2.50 bits per heavy atom. The van der Waals surface area contributed by atoms with Gasteiger partial charge in [0, 0.05) is 11.3 Å². The van der Waals surface area contributed by atoms with Crippen molar-refractivity contribution in [3.8, 4) is 0 Å². The molecule has 5 heteroatoms. The van der Waals surface area contributed by atoms with Crippen LogP contribution in [0.5, 0.6) is 0 Å². The highest BCUT2D eigenvalue weighted by molar-refractivity contribution is 7.71. The third kappa shape index (κ3) is 2.48. The molecular weight excluding hydrogens is 270 g/mol. The van der Waals surface area contributed by atoms with Gasteiger partial charge in [-0.2, -0.15) is 0 Å². The van der Waals surface area contributed by atoms with Crippen molar-refractivity contribution >= 4 is 34.8 Å². The normalized spacial score (nSPS) is 10.7. The topological polar surface area (TPSA) is 60.7 Å². The van der Waals surface area contributed by atoms with Gasteiger partial charge in [-0.05, 0) is 49.5 Å². The molecule has 100 valence electrons. The van der Waals surface area contributed by atoms with Gasteiger partial charge in [0.25, 0.3) is 5.91 Å². The van der Waals surface area contributed by atoms with E-state index in [4.69, 9.17) is 12.2 Å². The Balaban J connectivity index is 1.86. The van der Waals surface area contributed by atoms with E-state index in [0.29, 0.717) is 10.3 Å². The van der Waals surface area contributed by atoms with Gasteiger partial charge < -0.3 is 15.3 Å². The van der Waals surface area contributed by atoms with E-state index in [9.17, 15) is 4.79 Å². The average Bonchev–Trinajstić information content (AvgIpc) is 2.78. The minimum Gasteiger partial charge on any atom is -0.331 e. The van der Waals surface area contributed by atoms with E-state index in [2.05, 4.69) is 15.3 Å². The van der Waals surface area contributed by atoms with E-state index < -0.39 is 0 Å². The van der Waals surface area contributed by atoms with Gasteiger partial charge in [-0.15, -0.1) is 0 Å². The van der Waals surface area contributed by atoms with Crippen molar-refractivity contribution in [2.24, 2.45) is 0 Å². The van der Waals surface area contributed by atoms with Crippen molar-refractivity contribution in [2.75, 3.05) is 5.32 Å². The summed E-state index contributed by atoms with van der Waals surface area (Å²) in [5.41, 5.74) is 4.29. The first-order valence-electron chi connectivity index (χ1n) is 6.22. The molecule has 0 fully saturated rings. The molecule has 0 aliphatic carbocycles. The SMILES string of the molecule is Cc1ccc(C(=O)Nc2ccc3[nH]c(=S)[nH]c3c2)cc1. The predicted molar refractivity (Wildman–Crippen MR) is 82.6 cm³/mol. The Bertz CT molecular complexity index is 830. The average molecular weight is 283 g/mol. The molecule has 0 unspecified atom stereocenters. The lowest BCUT2D eigenvalue weighted by Gasteiger charge is -2.05. The summed E-state index contributed by atoms with van der Waals surface area (Å²) in [7, 11) is 0. The first kappa shape index (κ1) is 12.6. The number of aryl methyl sites for hydroxylation is 1. The maximum atomic E-state index is 12.1. The number of anilines is 1.